The minimum Gasteiger partial charge on any atom is -0.389 e. The van der Waals surface area contributed by atoms with Crippen LogP contribution in [0.4, 0.5) is 0 Å². The summed E-state index contributed by atoms with van der Waals surface area (Å²) >= 11 is 0. The average molecular weight is 258 g/mol. The van der Waals surface area contributed by atoms with Crippen LogP contribution in [0.25, 0.3) is 0 Å². The third-order valence-electron chi connectivity index (χ3n) is 2.39. The number of unbranched alkanes of at least 4 members (excludes halogenated alkanes) is 3. The number of hydrogen-bond acceptors (Lipinski definition) is 2. The summed E-state index contributed by atoms with van der Waals surface area (Å²) in [5.41, 5.74) is 0. The molecule has 0 radical (unpaired) electrons. The lowest BCUT2D eigenvalue weighted by molar-refractivity contribution is 0.208. The van der Waals surface area contributed by atoms with E-state index in [1.165, 1.54) is 6.08 Å². The molecule has 2 heteroatoms. The minimum atomic E-state index is -0.834. The zero-order valence-electron chi connectivity index (χ0n) is 11.3. The molecule has 0 saturated carbocycles. The van der Waals surface area contributed by atoms with E-state index in [2.05, 4.69) is 36.8 Å². The van der Waals surface area contributed by atoms with Crippen molar-refractivity contribution in [2.24, 2.45) is 0 Å². The van der Waals surface area contributed by atoms with Gasteiger partial charge in [0.1, 0.15) is 6.10 Å². The molecular formula is C17H22O2. The lowest BCUT2D eigenvalue weighted by atomic mass is 10.1. The molecule has 0 aliphatic heterocycles. The molecule has 0 aromatic rings. The van der Waals surface area contributed by atoms with Crippen LogP contribution >= 0.6 is 0 Å². The molecule has 2 N–H and O–H groups in total. The number of aliphatic hydroxyl groups is 2. The predicted octanol–water partition coefficient (Wildman–Crippen LogP) is 2.59. The first-order valence-corrected chi connectivity index (χ1v) is 6.48. The molecule has 0 spiro atoms. The van der Waals surface area contributed by atoms with Crippen molar-refractivity contribution >= 4 is 0 Å². The standard InChI is InChI=1S/C17H22O2/c1-3-5-6-7-11-14-17(19)15-12-9-8-10-13-16(18)4-2/h3-4,12,15-19H,1-2,5-7,11,14H2/b15-12+/t16-,17?/m0/s1. The quantitative estimate of drug-likeness (QED) is 0.399. The Bertz CT molecular complexity index is 398. The minimum absolute atomic E-state index is 0.454. The van der Waals surface area contributed by atoms with Crippen molar-refractivity contribution in [3.05, 3.63) is 37.5 Å². The van der Waals surface area contributed by atoms with Gasteiger partial charge in [-0.1, -0.05) is 43.4 Å². The molecule has 0 aromatic heterocycles. The van der Waals surface area contributed by atoms with Gasteiger partial charge in [-0.2, -0.15) is 0 Å². The van der Waals surface area contributed by atoms with Gasteiger partial charge in [0.15, 0.2) is 0 Å². The fourth-order valence-electron chi connectivity index (χ4n) is 1.32. The molecule has 0 aromatic carbocycles. The first-order chi connectivity index (χ1) is 9.20. The van der Waals surface area contributed by atoms with Gasteiger partial charge in [0.2, 0.25) is 0 Å². The third kappa shape index (κ3) is 12.5. The molecule has 19 heavy (non-hydrogen) atoms. The van der Waals surface area contributed by atoms with Crippen molar-refractivity contribution in [3.8, 4) is 23.7 Å². The van der Waals surface area contributed by atoms with Crippen molar-refractivity contribution in [2.45, 2.75) is 44.3 Å². The topological polar surface area (TPSA) is 40.5 Å². The van der Waals surface area contributed by atoms with Crippen LogP contribution in [0.2, 0.25) is 0 Å². The van der Waals surface area contributed by atoms with Crippen LogP contribution in [-0.4, -0.2) is 22.4 Å². The molecule has 2 atom stereocenters. The summed E-state index contributed by atoms with van der Waals surface area (Å²) in [5.74, 6) is 10.2. The molecule has 0 bridgehead atoms. The average Bonchev–Trinajstić information content (AvgIpc) is 2.42. The first-order valence-electron chi connectivity index (χ1n) is 6.48. The van der Waals surface area contributed by atoms with E-state index in [4.69, 9.17) is 5.11 Å². The fourth-order valence-corrected chi connectivity index (χ4v) is 1.32. The maximum absolute atomic E-state index is 9.62. The first kappa shape index (κ1) is 17.3. The summed E-state index contributed by atoms with van der Waals surface area (Å²) < 4.78 is 0. The van der Waals surface area contributed by atoms with E-state index < -0.39 is 12.2 Å². The third-order valence-corrected chi connectivity index (χ3v) is 2.39. The molecule has 0 aliphatic rings. The van der Waals surface area contributed by atoms with Crippen LogP contribution in [0.15, 0.2) is 37.5 Å². The highest BCUT2D eigenvalue weighted by atomic mass is 16.3. The smallest absolute Gasteiger partial charge is 0.134 e. The van der Waals surface area contributed by atoms with Gasteiger partial charge in [-0.15, -0.1) is 6.58 Å². The van der Waals surface area contributed by atoms with Gasteiger partial charge in [0.25, 0.3) is 0 Å². The van der Waals surface area contributed by atoms with Gasteiger partial charge >= 0.3 is 0 Å². The highest BCUT2D eigenvalue weighted by Crippen LogP contribution is 2.06. The van der Waals surface area contributed by atoms with Crippen molar-refractivity contribution in [2.75, 3.05) is 0 Å². The van der Waals surface area contributed by atoms with E-state index in [-0.39, 0.29) is 0 Å². The number of hydrogen-bond donors (Lipinski definition) is 2. The molecule has 1 unspecified atom stereocenters. The predicted molar refractivity (Wildman–Crippen MR) is 80.2 cm³/mol. The van der Waals surface area contributed by atoms with E-state index in [1.807, 2.05) is 6.08 Å². The summed E-state index contributed by atoms with van der Waals surface area (Å²) in [6.45, 7) is 7.06. The Morgan fingerprint density at radius 1 is 1.05 bits per heavy atom. The molecule has 0 fully saturated rings. The van der Waals surface area contributed by atoms with Crippen molar-refractivity contribution in [1.82, 2.24) is 0 Å². The van der Waals surface area contributed by atoms with Gasteiger partial charge in [-0.3, -0.25) is 0 Å². The second-order valence-electron chi connectivity index (χ2n) is 4.07. The van der Waals surface area contributed by atoms with Gasteiger partial charge < -0.3 is 10.2 Å². The Morgan fingerprint density at radius 3 is 2.53 bits per heavy atom. The number of rotatable bonds is 8. The normalized spacial score (nSPS) is 12.7. The Hall–Kier alpha value is -1.74. The maximum atomic E-state index is 9.62. The van der Waals surface area contributed by atoms with Gasteiger partial charge in [0.05, 0.1) is 6.10 Å². The highest BCUT2D eigenvalue weighted by Gasteiger charge is 1.97. The Labute approximate surface area is 116 Å². The van der Waals surface area contributed by atoms with Crippen molar-refractivity contribution in [3.63, 3.8) is 0 Å². The van der Waals surface area contributed by atoms with Crippen LogP contribution in [0.5, 0.6) is 0 Å². The van der Waals surface area contributed by atoms with Crippen LogP contribution in [0.3, 0.4) is 0 Å². The summed E-state index contributed by atoms with van der Waals surface area (Å²) in [6.07, 6.45) is 10.2. The Kier molecular flexibility index (Phi) is 11.5. The lowest BCUT2D eigenvalue weighted by Crippen LogP contribution is -2.01. The SMILES string of the molecule is C=CCCCCCC(O)/C=C/C#CC#C[C@@H](O)C=C. The Balaban J connectivity index is 3.80. The lowest BCUT2D eigenvalue weighted by Gasteiger charge is -2.03. The van der Waals surface area contributed by atoms with E-state index in [0.29, 0.717) is 0 Å². The molecule has 0 amide bonds. The molecule has 2 nitrogen and oxygen atoms in total. The second kappa shape index (κ2) is 12.7. The van der Waals surface area contributed by atoms with Crippen LogP contribution in [0.1, 0.15) is 32.1 Å². The van der Waals surface area contributed by atoms with Gasteiger partial charge in [0, 0.05) is 0 Å². The number of allylic oxidation sites excluding steroid dienone is 2. The zero-order chi connectivity index (χ0) is 14.3. The summed E-state index contributed by atoms with van der Waals surface area (Å²) in [6, 6.07) is 0. The van der Waals surface area contributed by atoms with E-state index >= 15 is 0 Å². The number of aliphatic hydroxyl groups excluding tert-OH is 2. The second-order valence-corrected chi connectivity index (χ2v) is 4.07. The fraction of sp³-hybridized carbons (Fsp3) is 0.412. The molecule has 0 rings (SSSR count). The van der Waals surface area contributed by atoms with E-state index in [9.17, 15) is 5.11 Å². The van der Waals surface area contributed by atoms with Crippen LogP contribution < -0.4 is 0 Å². The summed E-state index contributed by atoms with van der Waals surface area (Å²) in [4.78, 5) is 0. The summed E-state index contributed by atoms with van der Waals surface area (Å²) in [7, 11) is 0. The van der Waals surface area contributed by atoms with Crippen LogP contribution in [0, 0.1) is 23.7 Å². The zero-order valence-corrected chi connectivity index (χ0v) is 11.3. The van der Waals surface area contributed by atoms with Gasteiger partial charge in [-0.05, 0) is 43.3 Å². The van der Waals surface area contributed by atoms with Crippen molar-refractivity contribution < 1.29 is 10.2 Å². The summed E-state index contributed by atoms with van der Waals surface area (Å²) in [5, 5.41) is 18.7. The molecule has 0 aliphatic carbocycles. The monoisotopic (exact) mass is 258 g/mol. The largest absolute Gasteiger partial charge is 0.389 e. The molecule has 102 valence electrons. The van der Waals surface area contributed by atoms with E-state index in [0.717, 1.165) is 32.1 Å². The molecule has 0 heterocycles. The van der Waals surface area contributed by atoms with Gasteiger partial charge in [-0.25, -0.2) is 0 Å². The molecular weight excluding hydrogens is 236 g/mol. The van der Waals surface area contributed by atoms with E-state index in [1.54, 1.807) is 12.2 Å². The van der Waals surface area contributed by atoms with Crippen LogP contribution in [-0.2, 0) is 0 Å². The van der Waals surface area contributed by atoms with Crippen molar-refractivity contribution in [1.29, 1.82) is 0 Å². The highest BCUT2D eigenvalue weighted by molar-refractivity contribution is 5.32. The maximum Gasteiger partial charge on any atom is 0.134 e. The Morgan fingerprint density at radius 2 is 1.84 bits per heavy atom. The molecule has 0 saturated heterocycles.